The molecule has 37 nitrogen and oxygen atoms in total. The Balaban J connectivity index is 1.07. The molecule has 8 aromatic rings. The topological polar surface area (TPSA) is 513 Å². The Morgan fingerprint density at radius 3 is 0.885 bits per heavy atom. The van der Waals surface area contributed by atoms with Crippen molar-refractivity contribution >= 4 is 88.6 Å². The molecule has 1 aromatic heterocycles. The van der Waals surface area contributed by atoms with Crippen molar-refractivity contribution in [3.05, 3.63) is 269 Å². The van der Waals surface area contributed by atoms with Crippen LogP contribution >= 0.6 is 0 Å². The molecule has 1 heterocycles. The standard InChI is InChI=1S/C102H136N22O15/c1-76(83-41-19-8-20-42-83)122(64-88(108)125)99(136)71-116(53-31-27-49-105)92(129)67-118(60-79-33-11-4-12-34-79)97(134)70-121(63-82-39-17-7-18-40-82)95(132)66-115(52-30-26-48-104)98(135)73-123(77(2)84-43-21-9-22-44-84)101(138)74-124(78(3)85-45-23-10-24-46-85)100(137)72-117(54-32-28-50-106)93(130)68-119(61-80-35-13-5-14-36-80)96(133)69-120(62-81-37-15-6-16-38-81)94(131)65-114(51-29-25-47-103)91(128)59-111-102(139)87(55-86-57-109-75-112-86)113-90(127)58-110-89(126)56-107/h4-24,33-46,57,75-78,87H,25-32,47-56,58-74,103-107H2,1-3H3,(H2,108,125)(H,109,112)(H,110,126)(H,111,139)(H,113,127)/t76-,77-,78-,87-/m0/s1. The van der Waals surface area contributed by atoms with Crippen LogP contribution in [0.5, 0.6) is 0 Å². The van der Waals surface area contributed by atoms with Gasteiger partial charge in [0, 0.05) is 65.0 Å². The number of carbonyl (C=O) groups is 15. The summed E-state index contributed by atoms with van der Waals surface area (Å²) in [6.45, 7) is -2.55. The molecular formula is C102H136N22O15. The molecule has 744 valence electrons. The zero-order valence-corrected chi connectivity index (χ0v) is 79.9. The summed E-state index contributed by atoms with van der Waals surface area (Å²) in [4.78, 5) is 241. The molecule has 0 aliphatic heterocycles. The van der Waals surface area contributed by atoms with Crippen LogP contribution in [0.25, 0.3) is 0 Å². The van der Waals surface area contributed by atoms with Gasteiger partial charge in [0.2, 0.25) is 88.6 Å². The minimum absolute atomic E-state index is 0.00901. The van der Waals surface area contributed by atoms with Crippen LogP contribution in [-0.2, 0) is 105 Å². The Labute approximate surface area is 813 Å². The van der Waals surface area contributed by atoms with E-state index in [1.807, 2.05) is 6.07 Å². The van der Waals surface area contributed by atoms with E-state index in [4.69, 9.17) is 34.4 Å². The zero-order valence-electron chi connectivity index (χ0n) is 79.9. The molecule has 0 saturated carbocycles. The van der Waals surface area contributed by atoms with E-state index in [0.717, 1.165) is 5.56 Å². The summed E-state index contributed by atoms with van der Waals surface area (Å²) < 4.78 is 0. The molecule has 37 heteroatoms. The monoisotopic (exact) mass is 1910 g/mol. The predicted molar refractivity (Wildman–Crippen MR) is 525 cm³/mol. The van der Waals surface area contributed by atoms with Crippen LogP contribution in [0.4, 0.5) is 0 Å². The molecule has 16 N–H and O–H groups in total. The van der Waals surface area contributed by atoms with Crippen LogP contribution in [0, 0.1) is 0 Å². The third-order valence-electron chi connectivity index (χ3n) is 23.6. The highest BCUT2D eigenvalue weighted by atomic mass is 16.2. The first-order valence-electron chi connectivity index (χ1n) is 47.1. The van der Waals surface area contributed by atoms with Crippen LogP contribution < -0.4 is 50.4 Å². The van der Waals surface area contributed by atoms with Crippen molar-refractivity contribution in [2.24, 2.45) is 34.4 Å². The van der Waals surface area contributed by atoms with Gasteiger partial charge in [0.25, 0.3) is 0 Å². The second-order valence-electron chi connectivity index (χ2n) is 34.1. The number of aromatic amines is 1. The number of hydrogen-bond acceptors (Lipinski definition) is 21. The molecule has 0 radical (unpaired) electrons. The average Bonchev–Trinajstić information content (AvgIpc) is 0.957. The largest absolute Gasteiger partial charge is 0.368 e. The molecule has 0 spiro atoms. The maximum atomic E-state index is 16.0. The molecule has 0 bridgehead atoms. The second-order valence-corrected chi connectivity index (χ2v) is 34.1. The highest BCUT2D eigenvalue weighted by molar-refractivity contribution is 5.97. The van der Waals surface area contributed by atoms with E-state index in [-0.39, 0.29) is 97.9 Å². The van der Waals surface area contributed by atoms with Crippen molar-refractivity contribution in [2.45, 2.75) is 129 Å². The van der Waals surface area contributed by atoms with Crippen molar-refractivity contribution < 1.29 is 71.9 Å². The number of H-pyrrole nitrogens is 1. The normalized spacial score (nSPS) is 11.8. The van der Waals surface area contributed by atoms with Gasteiger partial charge in [-0.1, -0.05) is 212 Å². The van der Waals surface area contributed by atoms with E-state index in [2.05, 4.69) is 25.9 Å². The maximum Gasteiger partial charge on any atom is 0.243 e. The van der Waals surface area contributed by atoms with Crippen LogP contribution in [0.1, 0.15) is 135 Å². The molecule has 0 aliphatic rings. The lowest BCUT2D eigenvalue weighted by molar-refractivity contribution is -0.151. The van der Waals surface area contributed by atoms with E-state index < -0.39 is 198 Å². The Morgan fingerprint density at radius 2 is 0.583 bits per heavy atom. The van der Waals surface area contributed by atoms with Crippen molar-refractivity contribution in [1.82, 2.24) is 79.8 Å². The lowest BCUT2D eigenvalue weighted by atomic mass is 10.1. The van der Waals surface area contributed by atoms with Crippen molar-refractivity contribution in [3.8, 4) is 0 Å². The Hall–Kier alpha value is -14.4. The van der Waals surface area contributed by atoms with E-state index >= 15 is 43.2 Å². The highest BCUT2D eigenvalue weighted by Crippen LogP contribution is 2.27. The summed E-state index contributed by atoms with van der Waals surface area (Å²) in [6.07, 6.45) is 5.82. The fraction of sp³-hybridized carbons (Fsp3) is 0.412. The maximum absolute atomic E-state index is 16.0. The third-order valence-corrected chi connectivity index (χ3v) is 23.6. The summed E-state index contributed by atoms with van der Waals surface area (Å²) in [5.74, 6) is -10.3. The van der Waals surface area contributed by atoms with Gasteiger partial charge in [-0.3, -0.25) is 71.9 Å². The number of unbranched alkanes of at least 4 members (excludes halogenated alkanes) is 4. The molecule has 0 unspecified atom stereocenters. The lowest BCUT2D eigenvalue weighted by Crippen LogP contribution is -2.53. The molecule has 8 rings (SSSR count). The minimum Gasteiger partial charge on any atom is -0.368 e. The number of aromatic nitrogens is 2. The molecule has 0 fully saturated rings. The van der Waals surface area contributed by atoms with Gasteiger partial charge in [-0.15, -0.1) is 0 Å². The van der Waals surface area contributed by atoms with E-state index in [1.54, 1.807) is 227 Å². The number of amides is 15. The zero-order chi connectivity index (χ0) is 100. The van der Waals surface area contributed by atoms with Gasteiger partial charge in [-0.05, 0) is 137 Å². The summed E-state index contributed by atoms with van der Waals surface area (Å²) in [7, 11) is 0. The van der Waals surface area contributed by atoms with E-state index in [1.165, 1.54) is 66.4 Å². The van der Waals surface area contributed by atoms with E-state index in [0.29, 0.717) is 84.0 Å². The van der Waals surface area contributed by atoms with Crippen LogP contribution in [-0.4, -0.2) is 303 Å². The number of primary amides is 1. The molecule has 139 heavy (non-hydrogen) atoms. The first kappa shape index (κ1) is 110. The summed E-state index contributed by atoms with van der Waals surface area (Å²) in [5.41, 5.74) is 39.9. The highest BCUT2D eigenvalue weighted by Gasteiger charge is 2.37. The fourth-order valence-corrected chi connectivity index (χ4v) is 15.6. The smallest absolute Gasteiger partial charge is 0.243 e. The molecule has 15 amide bonds. The Bertz CT molecular complexity index is 5160. The number of nitrogens with zero attached hydrogens (tertiary/aromatic N) is 12. The average molecular weight is 1910 g/mol. The Kier molecular flexibility index (Phi) is 47.1. The minimum atomic E-state index is -1.28. The SMILES string of the molecule is C[C@@H](c1ccccc1)N(CC(N)=O)C(=O)CN(CCCCN)C(=O)CN(Cc1ccccc1)C(=O)CN(Cc1ccccc1)C(=O)CN(CCCCN)C(=O)CN(C(=O)CN(C(=O)CN(CCCCN)C(=O)CN(Cc1ccccc1)C(=O)CN(Cc1ccccc1)C(=O)CN(CCCCN)C(=O)CNC(=O)[C@H](Cc1c[nH]cn1)NC(=O)CNC(=O)CN)[C@@H](C)c1ccccc1)[C@@H](C)c1ccccc1. The Morgan fingerprint density at radius 1 is 0.309 bits per heavy atom. The number of nitrogens with one attached hydrogen (secondary N) is 4. The molecule has 7 aromatic carbocycles. The van der Waals surface area contributed by atoms with Gasteiger partial charge in [0.05, 0.1) is 82.5 Å². The molecule has 0 saturated heterocycles. The predicted octanol–water partition coefficient (Wildman–Crippen LogP) is 3.27. The second kappa shape index (κ2) is 59.6. The van der Waals surface area contributed by atoms with Gasteiger partial charge < -0.3 is 109 Å². The first-order valence-corrected chi connectivity index (χ1v) is 47.1. The lowest BCUT2D eigenvalue weighted by Gasteiger charge is -2.36. The van der Waals surface area contributed by atoms with Crippen LogP contribution in [0.3, 0.4) is 0 Å². The quantitative estimate of drug-likeness (QED) is 0.0245. The van der Waals surface area contributed by atoms with Gasteiger partial charge >= 0.3 is 0 Å². The summed E-state index contributed by atoms with van der Waals surface area (Å²) in [5, 5.41) is 7.48. The van der Waals surface area contributed by atoms with Gasteiger partial charge in [0.15, 0.2) is 0 Å². The molecule has 0 aliphatic carbocycles. The number of benzene rings is 7. The number of imidazole rings is 1. The number of nitrogens with two attached hydrogens (primary N) is 6. The molecular weight excluding hydrogens is 1770 g/mol. The number of hydrogen-bond donors (Lipinski definition) is 10. The molecule has 4 atom stereocenters. The van der Waals surface area contributed by atoms with Crippen molar-refractivity contribution in [3.63, 3.8) is 0 Å². The first-order chi connectivity index (χ1) is 67.1. The van der Waals surface area contributed by atoms with Crippen LogP contribution in [0.15, 0.2) is 225 Å². The van der Waals surface area contributed by atoms with Gasteiger partial charge in [0.1, 0.15) is 45.3 Å². The van der Waals surface area contributed by atoms with Crippen LogP contribution in [0.2, 0.25) is 0 Å². The summed E-state index contributed by atoms with van der Waals surface area (Å²) >= 11 is 0. The van der Waals surface area contributed by atoms with Gasteiger partial charge in [-0.2, -0.15) is 0 Å². The van der Waals surface area contributed by atoms with Gasteiger partial charge in [-0.25, -0.2) is 4.98 Å². The number of rotatable bonds is 61. The third kappa shape index (κ3) is 37.6. The fourth-order valence-electron chi connectivity index (χ4n) is 15.6. The van der Waals surface area contributed by atoms with Crippen molar-refractivity contribution in [2.75, 3.05) is 144 Å². The summed E-state index contributed by atoms with van der Waals surface area (Å²) in [6, 6.07) is 58.4. The van der Waals surface area contributed by atoms with E-state index in [9.17, 15) is 28.8 Å². The van der Waals surface area contributed by atoms with Crippen molar-refractivity contribution in [1.29, 1.82) is 0 Å². The number of carbonyl (C=O) groups excluding carboxylic acids is 15.